The van der Waals surface area contributed by atoms with Crippen LogP contribution in [0.1, 0.15) is 12.6 Å². The Kier molecular flexibility index (Phi) is 4.25. The fraction of sp³-hybridized carbons (Fsp3) is 0.154. The third-order valence-electron chi connectivity index (χ3n) is 2.31. The van der Waals surface area contributed by atoms with Crippen LogP contribution in [0.5, 0.6) is 0 Å². The highest BCUT2D eigenvalue weighted by atomic mass is 32.1. The normalized spacial score (nSPS) is 9.95. The second-order valence-corrected chi connectivity index (χ2v) is 4.68. The summed E-state index contributed by atoms with van der Waals surface area (Å²) in [5, 5.41) is 7.28. The molecule has 2 rings (SSSR count). The minimum absolute atomic E-state index is 0.113. The van der Waals surface area contributed by atoms with E-state index in [1.54, 1.807) is 29.8 Å². The first-order valence-electron chi connectivity index (χ1n) is 5.68. The number of thiazole rings is 1. The van der Waals surface area contributed by atoms with Gasteiger partial charge >= 0.3 is 0 Å². The Hall–Kier alpha value is -2.21. The molecule has 0 aliphatic carbocycles. The number of hydrogen-bond donors (Lipinski definition) is 2. The maximum Gasteiger partial charge on any atom is 0.230 e. The van der Waals surface area contributed by atoms with Crippen molar-refractivity contribution in [1.82, 2.24) is 4.98 Å². The zero-order valence-electron chi connectivity index (χ0n) is 10.3. The lowest BCUT2D eigenvalue weighted by molar-refractivity contribution is -0.116. The van der Waals surface area contributed by atoms with E-state index in [9.17, 15) is 9.59 Å². The topological polar surface area (TPSA) is 71.1 Å². The Labute approximate surface area is 114 Å². The fourth-order valence-corrected chi connectivity index (χ4v) is 2.09. The van der Waals surface area contributed by atoms with Crippen LogP contribution in [0.2, 0.25) is 0 Å². The molecular weight excluding hydrogens is 262 g/mol. The number of amides is 2. The van der Waals surface area contributed by atoms with E-state index in [1.165, 1.54) is 18.3 Å². The number of nitrogens with zero attached hydrogens (tertiary/aromatic N) is 1. The van der Waals surface area contributed by atoms with Gasteiger partial charge in [-0.25, -0.2) is 4.98 Å². The summed E-state index contributed by atoms with van der Waals surface area (Å²) in [6.07, 6.45) is 0.261. The van der Waals surface area contributed by atoms with Crippen LogP contribution in [-0.4, -0.2) is 16.8 Å². The maximum absolute atomic E-state index is 11.7. The van der Waals surface area contributed by atoms with E-state index in [2.05, 4.69) is 15.6 Å². The van der Waals surface area contributed by atoms with Crippen LogP contribution in [0.4, 0.5) is 11.4 Å². The number of rotatable bonds is 4. The van der Waals surface area contributed by atoms with Gasteiger partial charge in [-0.15, -0.1) is 11.3 Å². The number of carbonyl (C=O) groups is 2. The van der Waals surface area contributed by atoms with E-state index >= 15 is 0 Å². The van der Waals surface area contributed by atoms with E-state index in [0.717, 1.165) is 5.69 Å². The molecule has 0 unspecified atom stereocenters. The third kappa shape index (κ3) is 4.18. The van der Waals surface area contributed by atoms with Gasteiger partial charge in [-0.3, -0.25) is 9.59 Å². The molecule has 19 heavy (non-hydrogen) atoms. The van der Waals surface area contributed by atoms with Crippen LogP contribution in [0, 0.1) is 0 Å². The number of nitrogens with one attached hydrogen (secondary N) is 2. The predicted molar refractivity (Wildman–Crippen MR) is 75.2 cm³/mol. The molecule has 0 radical (unpaired) electrons. The first-order valence-corrected chi connectivity index (χ1v) is 6.62. The van der Waals surface area contributed by atoms with Crippen molar-refractivity contribution in [2.45, 2.75) is 13.3 Å². The van der Waals surface area contributed by atoms with Gasteiger partial charge < -0.3 is 10.6 Å². The molecule has 1 heterocycles. The molecular formula is C13H13N3O2S. The average molecular weight is 275 g/mol. The maximum atomic E-state index is 11.7. The Balaban J connectivity index is 1.92. The number of anilines is 2. The summed E-state index contributed by atoms with van der Waals surface area (Å²) in [7, 11) is 0. The second-order valence-electron chi connectivity index (χ2n) is 3.96. The summed E-state index contributed by atoms with van der Waals surface area (Å²) >= 11 is 1.46. The van der Waals surface area contributed by atoms with Crippen molar-refractivity contribution in [3.05, 3.63) is 40.8 Å². The Bertz CT molecular complexity index is 564. The zero-order valence-corrected chi connectivity index (χ0v) is 11.2. The minimum Gasteiger partial charge on any atom is -0.326 e. The van der Waals surface area contributed by atoms with Crippen molar-refractivity contribution in [2.24, 2.45) is 0 Å². The van der Waals surface area contributed by atoms with Gasteiger partial charge in [0.25, 0.3) is 0 Å². The molecule has 0 spiro atoms. The van der Waals surface area contributed by atoms with Gasteiger partial charge in [-0.1, -0.05) is 0 Å². The van der Waals surface area contributed by atoms with Gasteiger partial charge in [0.15, 0.2) is 0 Å². The number of hydrogen-bond acceptors (Lipinski definition) is 4. The molecule has 0 atom stereocenters. The summed E-state index contributed by atoms with van der Waals surface area (Å²) in [6.45, 7) is 1.45. The van der Waals surface area contributed by atoms with Crippen molar-refractivity contribution in [1.29, 1.82) is 0 Å². The van der Waals surface area contributed by atoms with Crippen LogP contribution in [0.15, 0.2) is 35.2 Å². The Morgan fingerprint density at radius 3 is 2.32 bits per heavy atom. The fourth-order valence-electron chi connectivity index (χ4n) is 1.53. The lowest BCUT2D eigenvalue weighted by Gasteiger charge is -2.06. The van der Waals surface area contributed by atoms with Gasteiger partial charge in [0.1, 0.15) is 0 Å². The molecule has 2 aromatic rings. The van der Waals surface area contributed by atoms with Gasteiger partial charge in [-0.2, -0.15) is 0 Å². The van der Waals surface area contributed by atoms with E-state index in [0.29, 0.717) is 11.4 Å². The van der Waals surface area contributed by atoms with Crippen molar-refractivity contribution < 1.29 is 9.59 Å². The highest BCUT2D eigenvalue weighted by Crippen LogP contribution is 2.14. The first kappa shape index (κ1) is 13.2. The molecule has 0 saturated carbocycles. The predicted octanol–water partition coefficient (Wildman–Crippen LogP) is 2.28. The standard InChI is InChI=1S/C13H13N3O2S/c1-9(17)15-10-2-4-11(5-3-10)16-13(18)6-12-7-19-8-14-12/h2-5,7-8H,6H2,1H3,(H,15,17)(H,16,18). The first-order chi connectivity index (χ1) is 9.13. The summed E-state index contributed by atoms with van der Waals surface area (Å²) < 4.78 is 0. The molecule has 98 valence electrons. The summed E-state index contributed by atoms with van der Waals surface area (Å²) in [4.78, 5) is 26.6. The summed E-state index contributed by atoms with van der Waals surface area (Å²) in [6, 6.07) is 6.95. The second kappa shape index (κ2) is 6.10. The van der Waals surface area contributed by atoms with Gasteiger partial charge in [0.2, 0.25) is 11.8 Å². The molecule has 2 amide bonds. The van der Waals surface area contributed by atoms with Crippen LogP contribution >= 0.6 is 11.3 Å². The highest BCUT2D eigenvalue weighted by molar-refractivity contribution is 7.07. The van der Waals surface area contributed by atoms with Crippen LogP contribution < -0.4 is 10.6 Å². The van der Waals surface area contributed by atoms with E-state index in [-0.39, 0.29) is 18.2 Å². The summed E-state index contributed by atoms with van der Waals surface area (Å²) in [5.41, 5.74) is 3.85. The number of carbonyl (C=O) groups excluding carboxylic acids is 2. The number of aromatic nitrogens is 1. The van der Waals surface area contributed by atoms with Gasteiger partial charge in [0, 0.05) is 23.7 Å². The van der Waals surface area contributed by atoms with E-state index in [1.807, 2.05) is 5.38 Å². The van der Waals surface area contributed by atoms with Crippen LogP contribution in [0.3, 0.4) is 0 Å². The molecule has 0 aliphatic heterocycles. The average Bonchev–Trinajstić information content (AvgIpc) is 2.83. The molecule has 0 saturated heterocycles. The monoisotopic (exact) mass is 275 g/mol. The van der Waals surface area contributed by atoms with Crippen LogP contribution in [0.25, 0.3) is 0 Å². The molecule has 1 aromatic carbocycles. The smallest absolute Gasteiger partial charge is 0.230 e. The number of benzene rings is 1. The largest absolute Gasteiger partial charge is 0.326 e. The molecule has 5 nitrogen and oxygen atoms in total. The lowest BCUT2D eigenvalue weighted by Crippen LogP contribution is -2.14. The van der Waals surface area contributed by atoms with Gasteiger partial charge in [-0.05, 0) is 24.3 Å². The molecule has 0 fully saturated rings. The van der Waals surface area contributed by atoms with Crippen molar-refractivity contribution in [3.8, 4) is 0 Å². The molecule has 1 aromatic heterocycles. The lowest BCUT2D eigenvalue weighted by atomic mass is 10.2. The minimum atomic E-state index is -0.125. The Morgan fingerprint density at radius 2 is 1.79 bits per heavy atom. The van der Waals surface area contributed by atoms with Crippen molar-refractivity contribution in [2.75, 3.05) is 10.6 Å². The molecule has 0 bridgehead atoms. The van der Waals surface area contributed by atoms with E-state index in [4.69, 9.17) is 0 Å². The van der Waals surface area contributed by atoms with Crippen molar-refractivity contribution in [3.63, 3.8) is 0 Å². The SMILES string of the molecule is CC(=O)Nc1ccc(NC(=O)Cc2cscn2)cc1. The molecule has 2 N–H and O–H groups in total. The van der Waals surface area contributed by atoms with Gasteiger partial charge in [0.05, 0.1) is 17.6 Å². The summed E-state index contributed by atoms with van der Waals surface area (Å²) in [5.74, 6) is -0.238. The van der Waals surface area contributed by atoms with E-state index < -0.39 is 0 Å². The van der Waals surface area contributed by atoms with Crippen LogP contribution in [-0.2, 0) is 16.0 Å². The molecule has 6 heteroatoms. The highest BCUT2D eigenvalue weighted by Gasteiger charge is 2.05. The quantitative estimate of drug-likeness (QED) is 0.899. The Morgan fingerprint density at radius 1 is 1.16 bits per heavy atom. The third-order valence-corrected chi connectivity index (χ3v) is 2.95. The molecule has 0 aliphatic rings. The van der Waals surface area contributed by atoms with Crippen molar-refractivity contribution >= 4 is 34.5 Å². The zero-order chi connectivity index (χ0) is 13.7.